The summed E-state index contributed by atoms with van der Waals surface area (Å²) in [5.41, 5.74) is 1.33. The van der Waals surface area contributed by atoms with Crippen LogP contribution in [0.4, 0.5) is 0 Å². The van der Waals surface area contributed by atoms with E-state index in [4.69, 9.17) is 4.74 Å². The molecule has 1 aromatic rings. The molecule has 1 N–H and O–H groups in total. The van der Waals surface area contributed by atoms with E-state index < -0.39 is 0 Å². The largest absolute Gasteiger partial charge is 0.379 e. The van der Waals surface area contributed by atoms with Gasteiger partial charge in [-0.3, -0.25) is 14.6 Å². The SMILES string of the molecule is CN=C(NCC(C(C)C)N1CCOCC1)N1CCC(c2cnn(C)c2)C1. The van der Waals surface area contributed by atoms with Crippen LogP contribution >= 0.6 is 0 Å². The van der Waals surface area contributed by atoms with E-state index in [1.165, 1.54) is 5.56 Å². The number of hydrogen-bond donors (Lipinski definition) is 1. The van der Waals surface area contributed by atoms with Crippen LogP contribution < -0.4 is 5.32 Å². The van der Waals surface area contributed by atoms with Crippen molar-refractivity contribution in [2.75, 3.05) is 53.0 Å². The highest BCUT2D eigenvalue weighted by molar-refractivity contribution is 5.80. The molecule has 3 heterocycles. The predicted octanol–water partition coefficient (Wildman–Crippen LogP) is 1.14. The molecule has 2 saturated heterocycles. The van der Waals surface area contributed by atoms with Crippen LogP contribution in [0.5, 0.6) is 0 Å². The first-order valence-corrected chi connectivity index (χ1v) is 9.84. The molecule has 0 bridgehead atoms. The van der Waals surface area contributed by atoms with Gasteiger partial charge in [0, 0.05) is 65.0 Å². The van der Waals surface area contributed by atoms with Gasteiger partial charge in [-0.2, -0.15) is 5.10 Å². The zero-order valence-corrected chi connectivity index (χ0v) is 16.7. The van der Waals surface area contributed by atoms with Crippen LogP contribution in [0.25, 0.3) is 0 Å². The number of likely N-dealkylation sites (tertiary alicyclic amines) is 1. The summed E-state index contributed by atoms with van der Waals surface area (Å²) >= 11 is 0. The highest BCUT2D eigenvalue weighted by Gasteiger charge is 2.28. The Hall–Kier alpha value is -1.60. The van der Waals surface area contributed by atoms with Crippen LogP contribution in [0.15, 0.2) is 17.4 Å². The zero-order valence-electron chi connectivity index (χ0n) is 16.7. The molecule has 2 fully saturated rings. The second-order valence-corrected chi connectivity index (χ2v) is 7.77. The minimum absolute atomic E-state index is 0.507. The number of nitrogens with zero attached hydrogens (tertiary/aromatic N) is 5. The van der Waals surface area contributed by atoms with E-state index >= 15 is 0 Å². The Morgan fingerprint density at radius 1 is 1.35 bits per heavy atom. The van der Waals surface area contributed by atoms with Gasteiger partial charge >= 0.3 is 0 Å². The maximum Gasteiger partial charge on any atom is 0.193 e. The van der Waals surface area contributed by atoms with E-state index in [0.29, 0.717) is 17.9 Å². The van der Waals surface area contributed by atoms with E-state index in [0.717, 1.165) is 58.3 Å². The molecule has 2 aliphatic rings. The number of aromatic nitrogens is 2. The molecule has 2 aliphatic heterocycles. The number of rotatable bonds is 5. The number of aliphatic imine (C=N–C) groups is 1. The average molecular weight is 363 g/mol. The summed E-state index contributed by atoms with van der Waals surface area (Å²) in [6.45, 7) is 11.3. The van der Waals surface area contributed by atoms with Crippen LogP contribution in [-0.2, 0) is 11.8 Å². The topological polar surface area (TPSA) is 57.9 Å². The third kappa shape index (κ3) is 4.57. The van der Waals surface area contributed by atoms with Crippen LogP contribution in [0.1, 0.15) is 31.7 Å². The molecule has 1 aromatic heterocycles. The van der Waals surface area contributed by atoms with Gasteiger partial charge in [-0.1, -0.05) is 13.8 Å². The van der Waals surface area contributed by atoms with E-state index in [2.05, 4.69) is 45.3 Å². The lowest BCUT2D eigenvalue weighted by Gasteiger charge is -2.37. The Kier molecular flexibility index (Phi) is 6.53. The van der Waals surface area contributed by atoms with Crippen LogP contribution in [-0.4, -0.2) is 84.6 Å². The van der Waals surface area contributed by atoms with Crippen molar-refractivity contribution in [1.29, 1.82) is 0 Å². The molecule has 0 spiro atoms. The Bertz CT molecular complexity index is 593. The number of aryl methyl sites for hydroxylation is 1. The number of nitrogens with one attached hydrogen (secondary N) is 1. The van der Waals surface area contributed by atoms with Crippen molar-refractivity contribution in [3.05, 3.63) is 18.0 Å². The summed E-state index contributed by atoms with van der Waals surface area (Å²) in [4.78, 5) is 9.48. The van der Waals surface area contributed by atoms with Crippen LogP contribution in [0, 0.1) is 5.92 Å². The number of ether oxygens (including phenoxy) is 1. The molecule has 0 amide bonds. The summed E-state index contributed by atoms with van der Waals surface area (Å²) in [5, 5.41) is 7.96. The summed E-state index contributed by atoms with van der Waals surface area (Å²) in [6, 6.07) is 0.507. The molecule has 3 rings (SSSR count). The second-order valence-electron chi connectivity index (χ2n) is 7.77. The molecule has 26 heavy (non-hydrogen) atoms. The van der Waals surface area contributed by atoms with E-state index in [1.54, 1.807) is 0 Å². The van der Waals surface area contributed by atoms with Gasteiger partial charge in [-0.15, -0.1) is 0 Å². The summed E-state index contributed by atoms with van der Waals surface area (Å²) in [6.07, 6.45) is 5.29. The normalized spacial score (nSPS) is 23.7. The second kappa shape index (κ2) is 8.86. The van der Waals surface area contributed by atoms with Crippen molar-refractivity contribution in [3.8, 4) is 0 Å². The van der Waals surface area contributed by atoms with Crippen molar-refractivity contribution >= 4 is 5.96 Å². The summed E-state index contributed by atoms with van der Waals surface area (Å²) in [5.74, 6) is 2.16. The highest BCUT2D eigenvalue weighted by Crippen LogP contribution is 2.26. The predicted molar refractivity (Wildman–Crippen MR) is 105 cm³/mol. The maximum absolute atomic E-state index is 5.51. The van der Waals surface area contributed by atoms with E-state index in [9.17, 15) is 0 Å². The van der Waals surface area contributed by atoms with E-state index in [-0.39, 0.29) is 0 Å². The van der Waals surface area contributed by atoms with Gasteiger partial charge in [-0.25, -0.2) is 0 Å². The lowest BCUT2D eigenvalue weighted by Crippen LogP contribution is -2.53. The molecule has 0 aromatic carbocycles. The lowest BCUT2D eigenvalue weighted by molar-refractivity contribution is 0.00742. The van der Waals surface area contributed by atoms with Crippen LogP contribution in [0.3, 0.4) is 0 Å². The molecule has 2 atom stereocenters. The molecular formula is C19H34N6O. The van der Waals surface area contributed by atoms with Gasteiger partial charge in [0.1, 0.15) is 0 Å². The number of morpholine rings is 1. The average Bonchev–Trinajstić information content (AvgIpc) is 3.28. The molecule has 7 heteroatoms. The number of hydrogen-bond acceptors (Lipinski definition) is 4. The van der Waals surface area contributed by atoms with Crippen molar-refractivity contribution in [1.82, 2.24) is 24.9 Å². The third-order valence-corrected chi connectivity index (χ3v) is 5.65. The first-order valence-electron chi connectivity index (χ1n) is 9.84. The standard InChI is InChI=1S/C19H34N6O/c1-15(2)18(24-7-9-26-10-8-24)12-21-19(20-3)25-6-5-16(14-25)17-11-22-23(4)13-17/h11,13,15-16,18H,5-10,12,14H2,1-4H3,(H,20,21). The van der Waals surface area contributed by atoms with Crippen molar-refractivity contribution < 1.29 is 4.74 Å². The summed E-state index contributed by atoms with van der Waals surface area (Å²) in [7, 11) is 3.87. The Balaban J connectivity index is 1.55. The molecule has 0 radical (unpaired) electrons. The molecule has 0 saturated carbocycles. The third-order valence-electron chi connectivity index (χ3n) is 5.65. The van der Waals surface area contributed by atoms with Crippen molar-refractivity contribution in [3.63, 3.8) is 0 Å². The van der Waals surface area contributed by atoms with Gasteiger partial charge in [0.15, 0.2) is 5.96 Å². The molecule has 7 nitrogen and oxygen atoms in total. The van der Waals surface area contributed by atoms with Gasteiger partial charge in [0.05, 0.1) is 19.4 Å². The fourth-order valence-electron chi connectivity index (χ4n) is 4.10. The minimum atomic E-state index is 0.507. The van der Waals surface area contributed by atoms with Gasteiger partial charge in [0.25, 0.3) is 0 Å². The fourth-order valence-corrected chi connectivity index (χ4v) is 4.10. The Labute approximate surface area is 157 Å². The minimum Gasteiger partial charge on any atom is -0.379 e. The quantitative estimate of drug-likeness (QED) is 0.629. The monoisotopic (exact) mass is 362 g/mol. The zero-order chi connectivity index (χ0) is 18.5. The molecular weight excluding hydrogens is 328 g/mol. The van der Waals surface area contributed by atoms with Gasteiger partial charge in [0.2, 0.25) is 0 Å². The van der Waals surface area contributed by atoms with Gasteiger partial charge in [-0.05, 0) is 17.9 Å². The molecule has 2 unspecified atom stereocenters. The number of guanidine groups is 1. The molecule has 146 valence electrons. The Morgan fingerprint density at radius 2 is 2.12 bits per heavy atom. The molecule has 0 aliphatic carbocycles. The van der Waals surface area contributed by atoms with E-state index in [1.807, 2.05) is 25.0 Å². The maximum atomic E-state index is 5.51. The fraction of sp³-hybridized carbons (Fsp3) is 0.789. The first-order chi connectivity index (χ1) is 12.6. The van der Waals surface area contributed by atoms with Crippen molar-refractivity contribution in [2.45, 2.75) is 32.2 Å². The van der Waals surface area contributed by atoms with Gasteiger partial charge < -0.3 is 15.0 Å². The van der Waals surface area contributed by atoms with Crippen LogP contribution in [0.2, 0.25) is 0 Å². The van der Waals surface area contributed by atoms with Crippen molar-refractivity contribution in [2.24, 2.45) is 18.0 Å². The highest BCUT2D eigenvalue weighted by atomic mass is 16.5. The lowest BCUT2D eigenvalue weighted by atomic mass is 10.0. The first kappa shape index (κ1) is 19.2. The Morgan fingerprint density at radius 3 is 2.73 bits per heavy atom. The smallest absolute Gasteiger partial charge is 0.193 e. The summed E-state index contributed by atoms with van der Waals surface area (Å²) < 4.78 is 7.40.